The molecular weight excluding hydrogens is 208 g/mol. The van der Waals surface area contributed by atoms with Crippen LogP contribution in [0.25, 0.3) is 0 Å². The number of nitrogens with one attached hydrogen (secondary N) is 1. The molecule has 3 nitrogen and oxygen atoms in total. The first-order valence-corrected chi connectivity index (χ1v) is 3.91. The molecule has 1 heterocycles. The van der Waals surface area contributed by atoms with Crippen molar-refractivity contribution in [3.63, 3.8) is 0 Å². The van der Waals surface area contributed by atoms with Crippen molar-refractivity contribution in [2.45, 2.75) is 0 Å². The van der Waals surface area contributed by atoms with Crippen LogP contribution < -0.4 is 5.32 Å². The molecule has 0 atom stereocenters. The molecule has 0 bridgehead atoms. The monoisotopic (exact) mass is 214 g/mol. The number of nitrogens with zero attached hydrogens (tertiary/aromatic N) is 1. The third-order valence-corrected chi connectivity index (χ3v) is 1.56. The molecule has 0 aliphatic carbocycles. The third-order valence-electron chi connectivity index (χ3n) is 1.09. The van der Waals surface area contributed by atoms with Crippen LogP contribution in [0.1, 0.15) is 0 Å². The molecule has 0 aliphatic heterocycles. The fourth-order valence-corrected chi connectivity index (χ4v) is 0.861. The second-order valence-electron chi connectivity index (χ2n) is 1.91. The van der Waals surface area contributed by atoms with Gasteiger partial charge in [-0.3, -0.25) is 0 Å². The van der Waals surface area contributed by atoms with Crippen LogP contribution in [0.15, 0.2) is 22.8 Å². The Morgan fingerprint density at radius 1 is 1.64 bits per heavy atom. The first kappa shape index (κ1) is 8.20. The number of hydrogen-bond acceptors (Lipinski definition) is 3. The molecule has 0 aliphatic rings. The van der Waals surface area contributed by atoms with Gasteiger partial charge in [-0.2, -0.15) is 0 Å². The molecule has 0 unspecified atom stereocenters. The summed E-state index contributed by atoms with van der Waals surface area (Å²) in [5, 5.41) is 2.82. The minimum atomic E-state index is 0.300. The topological polar surface area (TPSA) is 42.0 Å². The molecule has 0 aromatic carbocycles. The van der Waals surface area contributed by atoms with Crippen molar-refractivity contribution in [3.05, 3.63) is 22.8 Å². The van der Waals surface area contributed by atoms with Gasteiger partial charge in [0.15, 0.2) is 0 Å². The number of pyridine rings is 1. The highest BCUT2D eigenvalue weighted by atomic mass is 79.9. The zero-order chi connectivity index (χ0) is 8.10. The molecule has 1 rings (SSSR count). The molecule has 0 amide bonds. The lowest BCUT2D eigenvalue weighted by Gasteiger charge is -1.98. The summed E-state index contributed by atoms with van der Waals surface area (Å²) in [4.78, 5) is 13.9. The molecule has 1 N–H and O–H groups in total. The second-order valence-corrected chi connectivity index (χ2v) is 2.82. The van der Waals surface area contributed by atoms with Crippen LogP contribution in [0.4, 0.5) is 5.82 Å². The Bertz CT molecular complexity index is 235. The highest BCUT2D eigenvalue weighted by Gasteiger charge is 1.90. The molecule has 11 heavy (non-hydrogen) atoms. The van der Waals surface area contributed by atoms with E-state index < -0.39 is 0 Å². The lowest BCUT2D eigenvalue weighted by molar-refractivity contribution is -0.106. The van der Waals surface area contributed by atoms with Crippen LogP contribution in [-0.2, 0) is 4.79 Å². The summed E-state index contributed by atoms with van der Waals surface area (Å²) in [7, 11) is 0. The maximum atomic E-state index is 9.95. The van der Waals surface area contributed by atoms with Crippen LogP contribution in [0.2, 0.25) is 0 Å². The van der Waals surface area contributed by atoms with Crippen molar-refractivity contribution >= 4 is 28.0 Å². The van der Waals surface area contributed by atoms with Crippen LogP contribution >= 0.6 is 15.9 Å². The van der Waals surface area contributed by atoms with E-state index in [1.165, 1.54) is 0 Å². The van der Waals surface area contributed by atoms with E-state index in [4.69, 9.17) is 0 Å². The molecule has 0 saturated heterocycles. The van der Waals surface area contributed by atoms with Gasteiger partial charge in [0.05, 0.1) is 6.54 Å². The number of hydrogen-bond donors (Lipinski definition) is 1. The summed E-state index contributed by atoms with van der Waals surface area (Å²) < 4.78 is 0.925. The number of aldehydes is 1. The van der Waals surface area contributed by atoms with Gasteiger partial charge >= 0.3 is 0 Å². The van der Waals surface area contributed by atoms with Crippen LogP contribution in [0.3, 0.4) is 0 Å². The van der Waals surface area contributed by atoms with E-state index in [1.807, 2.05) is 6.07 Å². The SMILES string of the molecule is O=CCNc1ccc(Br)cn1. The van der Waals surface area contributed by atoms with E-state index in [2.05, 4.69) is 26.2 Å². The van der Waals surface area contributed by atoms with Crippen molar-refractivity contribution in [2.75, 3.05) is 11.9 Å². The average Bonchev–Trinajstić information content (AvgIpc) is 2.04. The molecule has 1 aromatic heterocycles. The molecule has 0 spiro atoms. The van der Waals surface area contributed by atoms with Crippen LogP contribution in [-0.4, -0.2) is 17.8 Å². The Morgan fingerprint density at radius 3 is 3.00 bits per heavy atom. The van der Waals surface area contributed by atoms with Gasteiger partial charge in [-0.1, -0.05) is 0 Å². The molecule has 1 aromatic rings. The second kappa shape index (κ2) is 4.08. The molecule has 4 heteroatoms. The van der Waals surface area contributed by atoms with Gasteiger partial charge in [-0.25, -0.2) is 4.98 Å². The Kier molecular flexibility index (Phi) is 3.04. The molecule has 0 saturated carbocycles. The summed E-state index contributed by atoms with van der Waals surface area (Å²) in [6, 6.07) is 3.66. The number of anilines is 1. The predicted molar refractivity (Wildman–Crippen MR) is 46.5 cm³/mol. The third kappa shape index (κ3) is 2.67. The minimum Gasteiger partial charge on any atom is -0.363 e. The van der Waals surface area contributed by atoms with Crippen LogP contribution in [0, 0.1) is 0 Å². The van der Waals surface area contributed by atoms with Gasteiger partial charge in [-0.15, -0.1) is 0 Å². The number of halogens is 1. The van der Waals surface area contributed by atoms with Gasteiger partial charge in [0.2, 0.25) is 0 Å². The van der Waals surface area contributed by atoms with Crippen molar-refractivity contribution in [2.24, 2.45) is 0 Å². The highest BCUT2D eigenvalue weighted by molar-refractivity contribution is 9.10. The van der Waals surface area contributed by atoms with Crippen molar-refractivity contribution in [1.82, 2.24) is 4.98 Å². The molecular formula is C7H7BrN2O. The standard InChI is InChI=1S/C7H7BrN2O/c8-6-1-2-7(10-5-6)9-3-4-11/h1-2,4-5H,3H2,(H,9,10). The zero-order valence-electron chi connectivity index (χ0n) is 5.75. The smallest absolute Gasteiger partial charge is 0.139 e. The molecule has 0 fully saturated rings. The highest BCUT2D eigenvalue weighted by Crippen LogP contribution is 2.09. The maximum absolute atomic E-state index is 9.95. The Balaban J connectivity index is 2.58. The van der Waals surface area contributed by atoms with Gasteiger partial charge in [-0.05, 0) is 28.1 Å². The van der Waals surface area contributed by atoms with Crippen molar-refractivity contribution in [1.29, 1.82) is 0 Å². The van der Waals surface area contributed by atoms with E-state index in [0.717, 1.165) is 10.8 Å². The normalized spacial score (nSPS) is 9.18. The minimum absolute atomic E-state index is 0.300. The Hall–Kier alpha value is -0.900. The Morgan fingerprint density at radius 2 is 2.45 bits per heavy atom. The first-order valence-electron chi connectivity index (χ1n) is 3.12. The van der Waals surface area contributed by atoms with E-state index in [1.54, 1.807) is 12.3 Å². The first-order chi connectivity index (χ1) is 5.33. The molecule has 0 radical (unpaired) electrons. The van der Waals surface area contributed by atoms with E-state index >= 15 is 0 Å². The lowest BCUT2D eigenvalue weighted by atomic mass is 10.4. The summed E-state index contributed by atoms with van der Waals surface area (Å²) in [5.41, 5.74) is 0. The van der Waals surface area contributed by atoms with Gasteiger partial charge in [0.25, 0.3) is 0 Å². The number of carbonyl (C=O) groups excluding carboxylic acids is 1. The Labute approximate surface area is 73.0 Å². The summed E-state index contributed by atoms with van der Waals surface area (Å²) >= 11 is 3.25. The largest absolute Gasteiger partial charge is 0.363 e. The fraction of sp³-hybridized carbons (Fsp3) is 0.143. The van der Waals surface area contributed by atoms with E-state index in [-0.39, 0.29) is 0 Å². The quantitative estimate of drug-likeness (QED) is 0.776. The number of carbonyl (C=O) groups is 1. The summed E-state index contributed by atoms with van der Waals surface area (Å²) in [6.45, 7) is 0.300. The summed E-state index contributed by atoms with van der Waals surface area (Å²) in [5.74, 6) is 0.709. The maximum Gasteiger partial charge on any atom is 0.139 e. The van der Waals surface area contributed by atoms with Gasteiger partial charge in [0.1, 0.15) is 12.1 Å². The number of rotatable bonds is 3. The number of aromatic nitrogens is 1. The van der Waals surface area contributed by atoms with E-state index in [9.17, 15) is 4.79 Å². The van der Waals surface area contributed by atoms with Crippen molar-refractivity contribution in [3.8, 4) is 0 Å². The van der Waals surface area contributed by atoms with Crippen LogP contribution in [0.5, 0.6) is 0 Å². The lowest BCUT2D eigenvalue weighted by Crippen LogP contribution is -2.03. The van der Waals surface area contributed by atoms with Gasteiger partial charge < -0.3 is 10.1 Å². The molecule has 58 valence electrons. The average molecular weight is 215 g/mol. The van der Waals surface area contributed by atoms with E-state index in [0.29, 0.717) is 12.4 Å². The zero-order valence-corrected chi connectivity index (χ0v) is 7.34. The van der Waals surface area contributed by atoms with Crippen molar-refractivity contribution < 1.29 is 4.79 Å². The van der Waals surface area contributed by atoms with Gasteiger partial charge in [0, 0.05) is 10.7 Å². The predicted octanol–water partition coefficient (Wildman–Crippen LogP) is 1.45. The summed E-state index contributed by atoms with van der Waals surface area (Å²) in [6.07, 6.45) is 2.47. The fourth-order valence-electron chi connectivity index (χ4n) is 0.627.